The molecule has 1 N–H and O–H groups in total. The van der Waals surface area contributed by atoms with Crippen LogP contribution >= 0.6 is 27.5 Å². The zero-order valence-electron chi connectivity index (χ0n) is 18.4. The summed E-state index contributed by atoms with van der Waals surface area (Å²) in [5.41, 5.74) is 7.38. The summed E-state index contributed by atoms with van der Waals surface area (Å²) in [5.74, 6) is 0.567. The van der Waals surface area contributed by atoms with E-state index in [0.717, 1.165) is 40.7 Å². The Bertz CT molecular complexity index is 1180. The van der Waals surface area contributed by atoms with Gasteiger partial charge in [0.1, 0.15) is 0 Å². The van der Waals surface area contributed by atoms with Crippen LogP contribution in [0.1, 0.15) is 53.6 Å². The maximum Gasteiger partial charge on any atom is 0.409 e. The van der Waals surface area contributed by atoms with E-state index in [1.54, 1.807) is 0 Å². The molecule has 3 heterocycles. The molecule has 1 aromatic carbocycles. The summed E-state index contributed by atoms with van der Waals surface area (Å²) in [6.07, 6.45) is 7.50. The van der Waals surface area contributed by atoms with Crippen molar-refractivity contribution in [2.45, 2.75) is 45.4 Å². The molecule has 1 atom stereocenters. The molecule has 0 unspecified atom stereocenters. The fourth-order valence-corrected chi connectivity index (χ4v) is 6.21. The van der Waals surface area contributed by atoms with Crippen LogP contribution in [0, 0.1) is 12.8 Å². The van der Waals surface area contributed by atoms with E-state index in [1.165, 1.54) is 33.3 Å². The molecule has 5 rings (SSSR count). The van der Waals surface area contributed by atoms with Crippen LogP contribution in [-0.2, 0) is 17.6 Å². The Morgan fingerprint density at radius 1 is 1.28 bits per heavy atom. The highest BCUT2D eigenvalue weighted by atomic mass is 79.9. The van der Waals surface area contributed by atoms with E-state index in [1.807, 2.05) is 18.0 Å². The van der Waals surface area contributed by atoms with Gasteiger partial charge in [-0.2, -0.15) is 0 Å². The van der Waals surface area contributed by atoms with Crippen LogP contribution in [0.4, 0.5) is 4.79 Å². The van der Waals surface area contributed by atoms with Crippen molar-refractivity contribution in [1.29, 1.82) is 0 Å². The minimum atomic E-state index is -0.203. The molecule has 7 heteroatoms. The molecule has 2 aromatic heterocycles. The summed E-state index contributed by atoms with van der Waals surface area (Å²) in [6, 6.07) is 4.37. The van der Waals surface area contributed by atoms with Crippen molar-refractivity contribution in [3.63, 3.8) is 0 Å². The predicted molar refractivity (Wildman–Crippen MR) is 131 cm³/mol. The van der Waals surface area contributed by atoms with Crippen LogP contribution < -0.4 is 0 Å². The van der Waals surface area contributed by atoms with Crippen LogP contribution in [0.25, 0.3) is 10.9 Å². The van der Waals surface area contributed by atoms with Gasteiger partial charge in [0.2, 0.25) is 0 Å². The first kappa shape index (κ1) is 21.8. The van der Waals surface area contributed by atoms with Crippen molar-refractivity contribution in [1.82, 2.24) is 14.9 Å². The van der Waals surface area contributed by atoms with Gasteiger partial charge in [-0.15, -0.1) is 0 Å². The second kappa shape index (κ2) is 8.71. The summed E-state index contributed by atoms with van der Waals surface area (Å²) in [4.78, 5) is 22.5. The SMILES string of the molecule is CCOC(=O)N1CCC([C@@H]2c3ncc(Br)cc3CCc3cc(Cl)c4[nH]cc(C)c4c32)CC1. The number of nitrogens with one attached hydrogen (secondary N) is 1. The zero-order valence-corrected chi connectivity index (χ0v) is 20.7. The van der Waals surface area contributed by atoms with E-state index in [4.69, 9.17) is 21.3 Å². The van der Waals surface area contributed by atoms with E-state index in [9.17, 15) is 4.79 Å². The van der Waals surface area contributed by atoms with Gasteiger partial charge in [0.05, 0.1) is 22.8 Å². The highest BCUT2D eigenvalue weighted by Crippen LogP contribution is 2.47. The van der Waals surface area contributed by atoms with Gasteiger partial charge in [0, 0.05) is 41.3 Å². The molecule has 1 aliphatic heterocycles. The van der Waals surface area contributed by atoms with Gasteiger partial charge in [0.15, 0.2) is 0 Å². The molecule has 0 bridgehead atoms. The summed E-state index contributed by atoms with van der Waals surface area (Å²) in [7, 11) is 0. The maximum atomic E-state index is 12.3. The minimum absolute atomic E-state index is 0.175. The number of H-pyrrole nitrogens is 1. The number of hydrogen-bond donors (Lipinski definition) is 1. The second-order valence-electron chi connectivity index (χ2n) is 8.85. The van der Waals surface area contributed by atoms with Crippen molar-refractivity contribution < 1.29 is 9.53 Å². The van der Waals surface area contributed by atoms with Crippen LogP contribution in [0.2, 0.25) is 5.02 Å². The molecule has 1 aliphatic carbocycles. The largest absolute Gasteiger partial charge is 0.450 e. The number of hydrogen-bond acceptors (Lipinski definition) is 3. The summed E-state index contributed by atoms with van der Waals surface area (Å²) < 4.78 is 6.25. The third kappa shape index (κ3) is 3.71. The number of aryl methyl sites for hydroxylation is 3. The Morgan fingerprint density at radius 3 is 2.78 bits per heavy atom. The number of aromatic amines is 1. The number of halogens is 2. The van der Waals surface area contributed by atoms with Gasteiger partial charge in [-0.1, -0.05) is 11.6 Å². The van der Waals surface area contributed by atoms with E-state index in [2.05, 4.69) is 46.2 Å². The number of piperidine rings is 1. The summed E-state index contributed by atoms with van der Waals surface area (Å²) in [5, 5.41) is 2.02. The van der Waals surface area contributed by atoms with E-state index in [-0.39, 0.29) is 12.0 Å². The standard InChI is InChI=1S/C25H27BrClN3O2/c1-3-32-25(31)30-8-6-15(7-9-30)22-21-16(4-5-17-10-18(26)13-29-23(17)22)11-19(27)24-20(21)14(2)12-28-24/h10-13,15,22,28H,3-9H2,1-2H3/t22-/m0/s1. The molecule has 1 fully saturated rings. The van der Waals surface area contributed by atoms with Gasteiger partial charge in [-0.3, -0.25) is 4.98 Å². The first-order valence-corrected chi connectivity index (χ1v) is 12.5. The van der Waals surface area contributed by atoms with Crippen molar-refractivity contribution >= 4 is 44.5 Å². The molecule has 5 nitrogen and oxygen atoms in total. The Kier molecular flexibility index (Phi) is 5.93. The summed E-state index contributed by atoms with van der Waals surface area (Å²) in [6.45, 7) is 5.83. The number of amides is 1. The smallest absolute Gasteiger partial charge is 0.409 e. The van der Waals surface area contributed by atoms with Gasteiger partial charge < -0.3 is 14.6 Å². The Balaban J connectivity index is 1.62. The molecule has 168 valence electrons. The van der Waals surface area contributed by atoms with Crippen LogP contribution in [0.5, 0.6) is 0 Å². The molecule has 0 saturated carbocycles. The van der Waals surface area contributed by atoms with Gasteiger partial charge in [-0.05, 0) is 95.8 Å². The van der Waals surface area contributed by atoms with Gasteiger partial charge in [0.25, 0.3) is 0 Å². The normalized spacial score (nSPS) is 18.9. The number of carbonyl (C=O) groups excluding carboxylic acids is 1. The lowest BCUT2D eigenvalue weighted by Gasteiger charge is -2.36. The molecule has 2 aliphatic rings. The number of aromatic nitrogens is 2. The Morgan fingerprint density at radius 2 is 2.03 bits per heavy atom. The number of fused-ring (bicyclic) bond motifs is 4. The first-order valence-electron chi connectivity index (χ1n) is 11.3. The highest BCUT2D eigenvalue weighted by molar-refractivity contribution is 9.10. The molecule has 1 saturated heterocycles. The molecule has 3 aromatic rings. The lowest BCUT2D eigenvalue weighted by molar-refractivity contribution is 0.0900. The number of pyridine rings is 1. The summed E-state index contributed by atoms with van der Waals surface area (Å²) >= 11 is 10.3. The first-order chi connectivity index (χ1) is 15.5. The molecular weight excluding hydrogens is 490 g/mol. The number of benzene rings is 1. The number of likely N-dealkylation sites (tertiary alicyclic amines) is 1. The average Bonchev–Trinajstić information content (AvgIpc) is 3.10. The van der Waals surface area contributed by atoms with Crippen LogP contribution in [0.15, 0.2) is 29.0 Å². The topological polar surface area (TPSA) is 58.2 Å². The van der Waals surface area contributed by atoms with Crippen LogP contribution in [-0.4, -0.2) is 40.7 Å². The fraction of sp³-hybridized carbons (Fsp3) is 0.440. The molecule has 1 amide bonds. The third-order valence-corrected chi connectivity index (χ3v) is 7.74. The molecule has 0 radical (unpaired) electrons. The fourth-order valence-electron chi connectivity index (χ4n) is 5.55. The predicted octanol–water partition coefficient (Wildman–Crippen LogP) is 6.39. The van der Waals surface area contributed by atoms with E-state index in [0.29, 0.717) is 25.6 Å². The van der Waals surface area contributed by atoms with E-state index >= 15 is 0 Å². The number of nitrogens with zero attached hydrogens (tertiary/aromatic N) is 2. The van der Waals surface area contributed by atoms with Crippen molar-refractivity contribution in [2.75, 3.05) is 19.7 Å². The number of rotatable bonds is 2. The minimum Gasteiger partial charge on any atom is -0.450 e. The number of carbonyl (C=O) groups is 1. The Labute approximate surface area is 201 Å². The lowest BCUT2D eigenvalue weighted by Crippen LogP contribution is -2.40. The average molecular weight is 517 g/mol. The third-order valence-electron chi connectivity index (χ3n) is 7.01. The zero-order chi connectivity index (χ0) is 22.4. The Hall–Kier alpha value is -2.05. The van der Waals surface area contributed by atoms with Crippen molar-refractivity contribution in [2.24, 2.45) is 5.92 Å². The van der Waals surface area contributed by atoms with Crippen molar-refractivity contribution in [3.05, 3.63) is 62.0 Å². The number of ether oxygens (including phenoxy) is 1. The molecular formula is C25H27BrClN3O2. The second-order valence-corrected chi connectivity index (χ2v) is 10.2. The monoisotopic (exact) mass is 515 g/mol. The maximum absolute atomic E-state index is 12.3. The molecule has 0 spiro atoms. The lowest BCUT2D eigenvalue weighted by atomic mass is 9.75. The van der Waals surface area contributed by atoms with Crippen molar-refractivity contribution in [3.8, 4) is 0 Å². The van der Waals surface area contributed by atoms with Gasteiger partial charge in [-0.25, -0.2) is 4.79 Å². The van der Waals surface area contributed by atoms with E-state index < -0.39 is 0 Å². The quantitative estimate of drug-likeness (QED) is 0.429. The molecule has 32 heavy (non-hydrogen) atoms. The van der Waals surface area contributed by atoms with Crippen LogP contribution in [0.3, 0.4) is 0 Å². The van der Waals surface area contributed by atoms with Gasteiger partial charge >= 0.3 is 6.09 Å². The highest BCUT2D eigenvalue weighted by Gasteiger charge is 2.37.